The third kappa shape index (κ3) is 1.88. The molecule has 15 heavy (non-hydrogen) atoms. The highest BCUT2D eigenvalue weighted by atomic mass is 14.5. The lowest BCUT2D eigenvalue weighted by molar-refractivity contribution is 0.0840. The zero-order valence-corrected chi connectivity index (χ0v) is 10.8. The summed E-state index contributed by atoms with van der Waals surface area (Å²) in [6, 6.07) is 0. The van der Waals surface area contributed by atoms with Gasteiger partial charge in [0, 0.05) is 0 Å². The number of hydrogen-bond acceptors (Lipinski definition) is 0. The van der Waals surface area contributed by atoms with E-state index in [0.29, 0.717) is 5.41 Å². The molecule has 2 rings (SSSR count). The van der Waals surface area contributed by atoms with Crippen molar-refractivity contribution in [2.24, 2.45) is 23.2 Å². The second-order valence-corrected chi connectivity index (χ2v) is 6.31. The van der Waals surface area contributed by atoms with Crippen molar-refractivity contribution in [1.82, 2.24) is 0 Å². The average Bonchev–Trinajstić information content (AvgIpc) is 2.19. The molecule has 3 unspecified atom stereocenters. The van der Waals surface area contributed by atoms with Gasteiger partial charge >= 0.3 is 0 Å². The Balaban J connectivity index is 2.28. The summed E-state index contributed by atoms with van der Waals surface area (Å²) in [5.41, 5.74) is 2.25. The molecule has 2 aliphatic carbocycles. The predicted molar refractivity (Wildman–Crippen MR) is 66.8 cm³/mol. The Morgan fingerprint density at radius 2 is 2.00 bits per heavy atom. The first kappa shape index (κ1) is 11.2. The summed E-state index contributed by atoms with van der Waals surface area (Å²) in [5, 5.41) is 0. The molecule has 3 atom stereocenters. The van der Waals surface area contributed by atoms with E-state index in [9.17, 15) is 0 Å². The first-order chi connectivity index (χ1) is 7.04. The maximum atomic E-state index is 2.66. The lowest BCUT2D eigenvalue weighted by Crippen LogP contribution is -2.38. The minimum Gasteiger partial charge on any atom is -0.0786 e. The molecule has 0 aromatic heterocycles. The van der Waals surface area contributed by atoms with Crippen molar-refractivity contribution in [3.8, 4) is 0 Å². The van der Waals surface area contributed by atoms with E-state index in [4.69, 9.17) is 0 Å². The highest BCUT2D eigenvalue weighted by Gasteiger charge is 2.42. The van der Waals surface area contributed by atoms with Crippen molar-refractivity contribution in [2.75, 3.05) is 0 Å². The predicted octanol–water partition coefficient (Wildman–Crippen LogP) is 4.81. The van der Waals surface area contributed by atoms with E-state index in [1.807, 2.05) is 0 Å². The molecule has 0 heteroatoms. The maximum Gasteiger partial charge on any atom is -0.00898 e. The van der Waals surface area contributed by atoms with Crippen LogP contribution in [0.3, 0.4) is 0 Å². The van der Waals surface area contributed by atoms with Crippen LogP contribution in [0.1, 0.15) is 59.8 Å². The van der Waals surface area contributed by atoms with Crippen LogP contribution in [0, 0.1) is 23.2 Å². The molecule has 0 aliphatic heterocycles. The van der Waals surface area contributed by atoms with Crippen molar-refractivity contribution in [3.05, 3.63) is 11.6 Å². The zero-order valence-electron chi connectivity index (χ0n) is 10.8. The van der Waals surface area contributed by atoms with E-state index in [-0.39, 0.29) is 0 Å². The maximum absolute atomic E-state index is 2.66. The van der Waals surface area contributed by atoms with Gasteiger partial charge in [-0.2, -0.15) is 0 Å². The van der Waals surface area contributed by atoms with Gasteiger partial charge in [-0.1, -0.05) is 45.8 Å². The second-order valence-electron chi connectivity index (χ2n) is 6.31. The lowest BCUT2D eigenvalue weighted by Gasteiger charge is -2.48. The molecule has 1 fully saturated rings. The van der Waals surface area contributed by atoms with Crippen LogP contribution >= 0.6 is 0 Å². The Morgan fingerprint density at radius 1 is 1.27 bits per heavy atom. The first-order valence-corrected chi connectivity index (χ1v) is 6.75. The Kier molecular flexibility index (Phi) is 2.96. The number of allylic oxidation sites excluding steroid dienone is 2. The van der Waals surface area contributed by atoms with E-state index in [1.165, 1.54) is 32.1 Å². The van der Waals surface area contributed by atoms with Gasteiger partial charge in [-0.05, 0) is 48.9 Å². The van der Waals surface area contributed by atoms with Crippen molar-refractivity contribution in [1.29, 1.82) is 0 Å². The number of rotatable bonds is 1. The van der Waals surface area contributed by atoms with E-state index >= 15 is 0 Å². The third-order valence-corrected chi connectivity index (χ3v) is 5.15. The molecule has 86 valence electrons. The summed E-state index contributed by atoms with van der Waals surface area (Å²) in [6.45, 7) is 9.68. The Morgan fingerprint density at radius 3 is 2.67 bits per heavy atom. The van der Waals surface area contributed by atoms with Gasteiger partial charge in [0.05, 0.1) is 0 Å². The molecule has 0 spiro atoms. The molecular weight excluding hydrogens is 180 g/mol. The molecule has 0 radical (unpaired) electrons. The van der Waals surface area contributed by atoms with E-state index < -0.39 is 0 Å². The summed E-state index contributed by atoms with van der Waals surface area (Å²) >= 11 is 0. The van der Waals surface area contributed by atoms with Gasteiger partial charge < -0.3 is 0 Å². The monoisotopic (exact) mass is 206 g/mol. The van der Waals surface area contributed by atoms with Crippen LogP contribution < -0.4 is 0 Å². The largest absolute Gasteiger partial charge is 0.0786 e. The van der Waals surface area contributed by atoms with Crippen molar-refractivity contribution >= 4 is 0 Å². The van der Waals surface area contributed by atoms with Crippen LogP contribution in [-0.4, -0.2) is 0 Å². The van der Waals surface area contributed by atoms with Crippen molar-refractivity contribution in [2.45, 2.75) is 59.8 Å². The Hall–Kier alpha value is -0.260. The highest BCUT2D eigenvalue weighted by Crippen LogP contribution is 2.52. The number of hydrogen-bond donors (Lipinski definition) is 0. The molecule has 0 amide bonds. The third-order valence-electron chi connectivity index (χ3n) is 5.15. The topological polar surface area (TPSA) is 0 Å². The van der Waals surface area contributed by atoms with Gasteiger partial charge in [-0.25, -0.2) is 0 Å². The lowest BCUT2D eigenvalue weighted by atomic mass is 9.57. The molecule has 0 heterocycles. The molecule has 0 N–H and O–H groups in total. The van der Waals surface area contributed by atoms with Gasteiger partial charge in [0.1, 0.15) is 0 Å². The van der Waals surface area contributed by atoms with Crippen LogP contribution in [0.25, 0.3) is 0 Å². The first-order valence-electron chi connectivity index (χ1n) is 6.75. The molecule has 0 saturated heterocycles. The zero-order chi connectivity index (χ0) is 11.1. The number of fused-ring (bicyclic) bond motifs is 1. The summed E-state index contributed by atoms with van der Waals surface area (Å²) in [7, 11) is 0. The van der Waals surface area contributed by atoms with E-state index in [2.05, 4.69) is 33.8 Å². The molecule has 1 saturated carbocycles. The standard InChI is InChI=1S/C15H26/c1-11(2)13-8-9-14-7-5-6-12(3)15(14,4)10-13/h10-12,14H,5-9H2,1-4H3. The van der Waals surface area contributed by atoms with Gasteiger partial charge in [-0.15, -0.1) is 0 Å². The summed E-state index contributed by atoms with van der Waals surface area (Å²) in [6.07, 6.45) is 9.86. The minimum absolute atomic E-state index is 0.524. The van der Waals surface area contributed by atoms with Crippen molar-refractivity contribution in [3.63, 3.8) is 0 Å². The highest BCUT2D eigenvalue weighted by molar-refractivity contribution is 5.18. The fraction of sp³-hybridized carbons (Fsp3) is 0.867. The molecule has 0 aromatic carbocycles. The molecule has 0 nitrogen and oxygen atoms in total. The van der Waals surface area contributed by atoms with Crippen LogP contribution in [0.4, 0.5) is 0 Å². The van der Waals surface area contributed by atoms with Gasteiger partial charge in [0.15, 0.2) is 0 Å². The summed E-state index contributed by atoms with van der Waals surface area (Å²) < 4.78 is 0. The average molecular weight is 206 g/mol. The molecule has 2 aliphatic rings. The Bertz CT molecular complexity index is 261. The van der Waals surface area contributed by atoms with Gasteiger partial charge in [-0.3, -0.25) is 0 Å². The minimum atomic E-state index is 0.524. The fourth-order valence-electron chi connectivity index (χ4n) is 3.68. The van der Waals surface area contributed by atoms with Gasteiger partial charge in [0.2, 0.25) is 0 Å². The van der Waals surface area contributed by atoms with Crippen LogP contribution in [0.15, 0.2) is 11.6 Å². The Labute approximate surface area is 95.1 Å². The summed E-state index contributed by atoms with van der Waals surface area (Å²) in [4.78, 5) is 0. The molecular formula is C15H26. The van der Waals surface area contributed by atoms with Crippen LogP contribution in [0.2, 0.25) is 0 Å². The van der Waals surface area contributed by atoms with Gasteiger partial charge in [0.25, 0.3) is 0 Å². The van der Waals surface area contributed by atoms with Crippen LogP contribution in [0.5, 0.6) is 0 Å². The summed E-state index contributed by atoms with van der Waals surface area (Å²) in [5.74, 6) is 2.63. The fourth-order valence-corrected chi connectivity index (χ4v) is 3.68. The SMILES string of the molecule is CC(C)C1=CC2(C)C(C)CCCC2CC1. The van der Waals surface area contributed by atoms with E-state index in [0.717, 1.165) is 17.8 Å². The molecule has 0 bridgehead atoms. The van der Waals surface area contributed by atoms with E-state index in [1.54, 1.807) is 5.57 Å². The quantitative estimate of drug-likeness (QED) is 0.540. The van der Waals surface area contributed by atoms with Crippen LogP contribution in [-0.2, 0) is 0 Å². The second kappa shape index (κ2) is 3.96. The smallest absolute Gasteiger partial charge is 0.00898 e. The van der Waals surface area contributed by atoms with Crippen molar-refractivity contribution < 1.29 is 0 Å². The normalized spacial score (nSPS) is 41.3. The molecule has 0 aromatic rings.